The Morgan fingerprint density at radius 1 is 1.19 bits per heavy atom. The summed E-state index contributed by atoms with van der Waals surface area (Å²) in [6.07, 6.45) is 5.58. The molecule has 2 heterocycles. The average Bonchev–Trinajstić information content (AvgIpc) is 3.01. The molecule has 1 saturated carbocycles. The van der Waals surface area contributed by atoms with Gasteiger partial charge in [-0.15, -0.1) is 0 Å². The molecule has 1 aromatic rings. The Balaban J connectivity index is 1.67. The Morgan fingerprint density at radius 2 is 1.86 bits per heavy atom. The van der Waals surface area contributed by atoms with Crippen molar-refractivity contribution < 1.29 is 0 Å². The zero-order chi connectivity index (χ0) is 14.8. The Morgan fingerprint density at radius 3 is 2.48 bits per heavy atom. The topological polar surface area (TPSA) is 45.4 Å². The maximum absolute atomic E-state index is 5.76. The minimum Gasteiger partial charge on any atom is -0.389 e. The van der Waals surface area contributed by atoms with Crippen LogP contribution in [-0.4, -0.2) is 47.1 Å². The summed E-state index contributed by atoms with van der Waals surface area (Å²) < 4.78 is 0. The van der Waals surface area contributed by atoms with Gasteiger partial charge in [-0.1, -0.05) is 25.1 Å². The SMILES string of the molecule is Cc1cc(C(N)=S)cc(N2CCN(C3CCCC3)CC2)n1. The second kappa shape index (κ2) is 6.28. The zero-order valence-corrected chi connectivity index (χ0v) is 13.5. The van der Waals surface area contributed by atoms with Crippen molar-refractivity contribution >= 4 is 23.0 Å². The summed E-state index contributed by atoms with van der Waals surface area (Å²) in [4.78, 5) is 10.1. The summed E-state index contributed by atoms with van der Waals surface area (Å²) in [5.41, 5.74) is 7.66. The van der Waals surface area contributed by atoms with Crippen molar-refractivity contribution in [2.45, 2.75) is 38.6 Å². The minimum atomic E-state index is 0.450. The summed E-state index contributed by atoms with van der Waals surface area (Å²) in [5.74, 6) is 1.02. The van der Waals surface area contributed by atoms with E-state index in [0.29, 0.717) is 4.99 Å². The lowest BCUT2D eigenvalue weighted by Gasteiger charge is -2.38. The monoisotopic (exact) mass is 304 g/mol. The molecule has 5 heteroatoms. The van der Waals surface area contributed by atoms with Gasteiger partial charge in [0, 0.05) is 43.5 Å². The molecule has 3 rings (SSSR count). The van der Waals surface area contributed by atoms with Crippen molar-refractivity contribution in [1.29, 1.82) is 0 Å². The quantitative estimate of drug-likeness (QED) is 0.866. The third kappa shape index (κ3) is 3.35. The second-order valence-corrected chi connectivity index (χ2v) is 6.62. The van der Waals surface area contributed by atoms with Crippen LogP contribution in [0.4, 0.5) is 5.82 Å². The molecule has 0 atom stereocenters. The first-order chi connectivity index (χ1) is 10.1. The van der Waals surface area contributed by atoms with E-state index in [-0.39, 0.29) is 0 Å². The van der Waals surface area contributed by atoms with Crippen LogP contribution in [-0.2, 0) is 0 Å². The molecule has 0 aromatic carbocycles. The second-order valence-electron chi connectivity index (χ2n) is 6.18. The summed E-state index contributed by atoms with van der Waals surface area (Å²) in [5, 5.41) is 0. The first-order valence-electron chi connectivity index (χ1n) is 7.91. The molecule has 1 aliphatic heterocycles. The van der Waals surface area contributed by atoms with Gasteiger partial charge in [0.25, 0.3) is 0 Å². The molecule has 1 saturated heterocycles. The third-order valence-corrected chi connectivity index (χ3v) is 4.94. The number of piperazine rings is 1. The van der Waals surface area contributed by atoms with Gasteiger partial charge in [0.1, 0.15) is 10.8 Å². The molecule has 2 aliphatic rings. The van der Waals surface area contributed by atoms with Crippen molar-refractivity contribution in [3.8, 4) is 0 Å². The third-order valence-electron chi connectivity index (χ3n) is 4.70. The number of hydrogen-bond donors (Lipinski definition) is 1. The fraction of sp³-hybridized carbons (Fsp3) is 0.625. The van der Waals surface area contributed by atoms with Gasteiger partial charge >= 0.3 is 0 Å². The number of hydrogen-bond acceptors (Lipinski definition) is 4. The van der Waals surface area contributed by atoms with E-state index in [4.69, 9.17) is 18.0 Å². The number of rotatable bonds is 3. The van der Waals surface area contributed by atoms with Gasteiger partial charge in [-0.2, -0.15) is 0 Å². The molecule has 0 amide bonds. The van der Waals surface area contributed by atoms with Gasteiger partial charge < -0.3 is 10.6 Å². The molecule has 1 aromatic heterocycles. The summed E-state index contributed by atoms with van der Waals surface area (Å²) in [6.45, 7) is 6.37. The van der Waals surface area contributed by atoms with E-state index in [2.05, 4.69) is 14.8 Å². The molecule has 0 unspecified atom stereocenters. The Kier molecular flexibility index (Phi) is 4.40. The first-order valence-corrected chi connectivity index (χ1v) is 8.32. The molecule has 2 fully saturated rings. The van der Waals surface area contributed by atoms with Gasteiger partial charge in [-0.25, -0.2) is 4.98 Å². The minimum absolute atomic E-state index is 0.450. The van der Waals surface area contributed by atoms with Crippen LogP contribution in [0.1, 0.15) is 36.9 Å². The summed E-state index contributed by atoms with van der Waals surface area (Å²) in [6, 6.07) is 4.81. The Hall–Kier alpha value is -1.20. The van der Waals surface area contributed by atoms with Crippen molar-refractivity contribution in [3.63, 3.8) is 0 Å². The van der Waals surface area contributed by atoms with Gasteiger partial charge in [0.15, 0.2) is 0 Å². The molecule has 2 N–H and O–H groups in total. The van der Waals surface area contributed by atoms with Gasteiger partial charge in [0.2, 0.25) is 0 Å². The summed E-state index contributed by atoms with van der Waals surface area (Å²) in [7, 11) is 0. The molecule has 0 spiro atoms. The fourth-order valence-electron chi connectivity index (χ4n) is 3.54. The molecule has 4 nitrogen and oxygen atoms in total. The van der Waals surface area contributed by atoms with Crippen LogP contribution in [0.15, 0.2) is 12.1 Å². The number of thiocarbonyl (C=S) groups is 1. The van der Waals surface area contributed by atoms with Gasteiger partial charge in [0.05, 0.1) is 0 Å². The summed E-state index contributed by atoms with van der Waals surface area (Å²) >= 11 is 5.10. The standard InChI is InChI=1S/C16H24N4S/c1-12-10-13(16(17)21)11-15(18-12)20-8-6-19(7-9-20)14-4-2-3-5-14/h10-11,14H,2-9H2,1H3,(H2,17,21). The largest absolute Gasteiger partial charge is 0.389 e. The molecule has 0 bridgehead atoms. The van der Waals surface area contributed by atoms with Crippen molar-refractivity contribution in [3.05, 3.63) is 23.4 Å². The molecular weight excluding hydrogens is 280 g/mol. The van der Waals surface area contributed by atoms with E-state index in [0.717, 1.165) is 49.3 Å². The zero-order valence-electron chi connectivity index (χ0n) is 12.7. The van der Waals surface area contributed by atoms with Crippen molar-refractivity contribution in [1.82, 2.24) is 9.88 Å². The predicted octanol–water partition coefficient (Wildman–Crippen LogP) is 2.09. The molecule has 114 valence electrons. The van der Waals surface area contributed by atoms with Crippen LogP contribution in [0.5, 0.6) is 0 Å². The predicted molar refractivity (Wildman–Crippen MR) is 90.9 cm³/mol. The fourth-order valence-corrected chi connectivity index (χ4v) is 3.66. The number of nitrogens with zero attached hydrogens (tertiary/aromatic N) is 3. The Bertz CT molecular complexity index is 517. The van der Waals surface area contributed by atoms with Crippen LogP contribution in [0.25, 0.3) is 0 Å². The number of pyridine rings is 1. The highest BCUT2D eigenvalue weighted by molar-refractivity contribution is 7.80. The highest BCUT2D eigenvalue weighted by atomic mass is 32.1. The average molecular weight is 304 g/mol. The van der Waals surface area contributed by atoms with E-state index in [1.54, 1.807) is 0 Å². The van der Waals surface area contributed by atoms with E-state index in [1.165, 1.54) is 25.7 Å². The van der Waals surface area contributed by atoms with Crippen LogP contribution in [0.3, 0.4) is 0 Å². The lowest BCUT2D eigenvalue weighted by atomic mass is 10.1. The van der Waals surface area contributed by atoms with E-state index in [1.807, 2.05) is 19.1 Å². The van der Waals surface area contributed by atoms with Crippen LogP contribution in [0, 0.1) is 6.92 Å². The highest BCUT2D eigenvalue weighted by Crippen LogP contribution is 2.25. The maximum Gasteiger partial charge on any atom is 0.129 e. The maximum atomic E-state index is 5.76. The first kappa shape index (κ1) is 14.7. The molecule has 1 aliphatic carbocycles. The van der Waals surface area contributed by atoms with E-state index >= 15 is 0 Å². The van der Waals surface area contributed by atoms with E-state index < -0.39 is 0 Å². The molecule has 21 heavy (non-hydrogen) atoms. The van der Waals surface area contributed by atoms with E-state index in [9.17, 15) is 0 Å². The van der Waals surface area contributed by atoms with Gasteiger partial charge in [-0.3, -0.25) is 4.90 Å². The lowest BCUT2D eigenvalue weighted by Crippen LogP contribution is -2.50. The van der Waals surface area contributed by atoms with Crippen LogP contribution >= 0.6 is 12.2 Å². The van der Waals surface area contributed by atoms with Crippen LogP contribution < -0.4 is 10.6 Å². The molecule has 0 radical (unpaired) electrons. The van der Waals surface area contributed by atoms with Crippen molar-refractivity contribution in [2.24, 2.45) is 5.73 Å². The number of aryl methyl sites for hydroxylation is 1. The highest BCUT2D eigenvalue weighted by Gasteiger charge is 2.26. The van der Waals surface area contributed by atoms with Gasteiger partial charge in [-0.05, 0) is 31.9 Å². The lowest BCUT2D eigenvalue weighted by molar-refractivity contribution is 0.187. The number of aromatic nitrogens is 1. The normalized spacial score (nSPS) is 20.9. The van der Waals surface area contributed by atoms with Crippen LogP contribution in [0.2, 0.25) is 0 Å². The number of anilines is 1. The van der Waals surface area contributed by atoms with Crippen molar-refractivity contribution in [2.75, 3.05) is 31.1 Å². The number of nitrogens with two attached hydrogens (primary N) is 1. The smallest absolute Gasteiger partial charge is 0.129 e. The Labute approximate surface area is 132 Å². The molecular formula is C16H24N4S.